The maximum atomic E-state index is 10.2. The Morgan fingerprint density at radius 3 is 2.70 bits per heavy atom. The summed E-state index contributed by atoms with van der Waals surface area (Å²) >= 11 is 0. The molecule has 0 aliphatic carbocycles. The summed E-state index contributed by atoms with van der Waals surface area (Å²) in [6, 6.07) is 9.72. The van der Waals surface area contributed by atoms with Gasteiger partial charge in [-0.3, -0.25) is 0 Å². The number of phenolic OH excluding ortho intramolecular Hbond substituents is 1. The van der Waals surface area contributed by atoms with Crippen LogP contribution >= 0.6 is 0 Å². The molecule has 0 atom stereocenters. The lowest BCUT2D eigenvalue weighted by atomic mass is 10.0. The van der Waals surface area contributed by atoms with Gasteiger partial charge < -0.3 is 19.5 Å². The third-order valence-corrected chi connectivity index (χ3v) is 3.94. The minimum atomic E-state index is 0.366. The van der Waals surface area contributed by atoms with Crippen LogP contribution in [0.4, 0.5) is 0 Å². The van der Waals surface area contributed by atoms with Crippen LogP contribution in [0.5, 0.6) is 11.5 Å². The molecule has 1 saturated heterocycles. The van der Waals surface area contributed by atoms with E-state index in [0.29, 0.717) is 5.75 Å². The first-order valence-electron chi connectivity index (χ1n) is 6.98. The van der Waals surface area contributed by atoms with Gasteiger partial charge in [0.1, 0.15) is 31.1 Å². The van der Waals surface area contributed by atoms with Crippen molar-refractivity contribution in [3.05, 3.63) is 35.9 Å². The first-order chi connectivity index (χ1) is 9.78. The number of phenols is 1. The van der Waals surface area contributed by atoms with E-state index in [1.807, 2.05) is 24.3 Å². The number of quaternary nitrogens is 1. The first kappa shape index (κ1) is 13.2. The molecular formula is C16H20NO3+. The van der Waals surface area contributed by atoms with Gasteiger partial charge in [0.15, 0.2) is 0 Å². The molecule has 1 fully saturated rings. The van der Waals surface area contributed by atoms with E-state index in [4.69, 9.17) is 9.47 Å². The molecule has 4 nitrogen and oxygen atoms in total. The topological polar surface area (TPSA) is 43.1 Å². The van der Waals surface area contributed by atoms with Crippen molar-refractivity contribution >= 4 is 10.8 Å². The zero-order chi connectivity index (χ0) is 13.9. The Morgan fingerprint density at radius 1 is 1.20 bits per heavy atom. The molecule has 2 N–H and O–H groups in total. The minimum absolute atomic E-state index is 0.366. The second-order valence-electron chi connectivity index (χ2n) is 5.19. The average Bonchev–Trinajstić information content (AvgIpc) is 2.51. The normalized spacial score (nSPS) is 16.4. The molecule has 1 aliphatic heterocycles. The largest absolute Gasteiger partial charge is 0.507 e. The average molecular weight is 274 g/mol. The Kier molecular flexibility index (Phi) is 3.76. The summed E-state index contributed by atoms with van der Waals surface area (Å²) in [4.78, 5) is 1.45. The predicted octanol–water partition coefficient (Wildman–Crippen LogP) is 0.969. The van der Waals surface area contributed by atoms with Gasteiger partial charge in [-0.05, 0) is 29.0 Å². The molecule has 20 heavy (non-hydrogen) atoms. The molecule has 106 valence electrons. The molecular weight excluding hydrogens is 254 g/mol. The summed E-state index contributed by atoms with van der Waals surface area (Å²) in [7, 11) is 1.66. The highest BCUT2D eigenvalue weighted by molar-refractivity contribution is 5.88. The molecule has 1 aliphatic rings. The summed E-state index contributed by atoms with van der Waals surface area (Å²) in [6.07, 6.45) is 0. The molecule has 0 amide bonds. The number of hydrogen-bond acceptors (Lipinski definition) is 3. The van der Waals surface area contributed by atoms with Crippen LogP contribution in [0.3, 0.4) is 0 Å². The van der Waals surface area contributed by atoms with Crippen molar-refractivity contribution in [2.75, 3.05) is 33.4 Å². The fraction of sp³-hybridized carbons (Fsp3) is 0.375. The highest BCUT2D eigenvalue weighted by Crippen LogP contribution is 2.29. The maximum absolute atomic E-state index is 10.2. The molecule has 0 radical (unpaired) electrons. The number of aromatic hydroxyl groups is 1. The zero-order valence-electron chi connectivity index (χ0n) is 11.7. The highest BCUT2D eigenvalue weighted by atomic mass is 16.5. The van der Waals surface area contributed by atoms with Crippen LogP contribution in [0.25, 0.3) is 10.8 Å². The quantitative estimate of drug-likeness (QED) is 0.876. The second-order valence-corrected chi connectivity index (χ2v) is 5.19. The molecule has 4 heteroatoms. The Balaban J connectivity index is 2.00. The number of fused-ring (bicyclic) bond motifs is 1. The number of morpholine rings is 1. The van der Waals surface area contributed by atoms with Crippen molar-refractivity contribution in [1.29, 1.82) is 0 Å². The van der Waals surface area contributed by atoms with Crippen molar-refractivity contribution in [1.82, 2.24) is 0 Å². The summed E-state index contributed by atoms with van der Waals surface area (Å²) in [5, 5.41) is 12.4. The zero-order valence-corrected chi connectivity index (χ0v) is 11.7. The van der Waals surface area contributed by atoms with Crippen LogP contribution in [0, 0.1) is 0 Å². The molecule has 0 aromatic heterocycles. The van der Waals surface area contributed by atoms with Gasteiger partial charge in [0.25, 0.3) is 0 Å². The van der Waals surface area contributed by atoms with Crippen LogP contribution in [0.15, 0.2) is 30.3 Å². The minimum Gasteiger partial charge on any atom is -0.507 e. The Labute approximate surface area is 118 Å². The molecule has 0 bridgehead atoms. The molecule has 2 aromatic carbocycles. The van der Waals surface area contributed by atoms with Crippen molar-refractivity contribution in [3.8, 4) is 11.5 Å². The van der Waals surface area contributed by atoms with Crippen LogP contribution in [-0.2, 0) is 11.3 Å². The Hall–Kier alpha value is -1.78. The van der Waals surface area contributed by atoms with Gasteiger partial charge in [0, 0.05) is 0 Å². The third-order valence-electron chi connectivity index (χ3n) is 3.94. The van der Waals surface area contributed by atoms with Crippen molar-refractivity contribution in [3.63, 3.8) is 0 Å². The van der Waals surface area contributed by atoms with Gasteiger partial charge in [-0.1, -0.05) is 12.1 Å². The van der Waals surface area contributed by atoms with Crippen molar-refractivity contribution < 1.29 is 19.5 Å². The van der Waals surface area contributed by atoms with E-state index in [1.54, 1.807) is 13.2 Å². The molecule has 2 aromatic rings. The fourth-order valence-electron chi connectivity index (χ4n) is 2.75. The van der Waals surface area contributed by atoms with E-state index in [1.165, 1.54) is 4.90 Å². The van der Waals surface area contributed by atoms with E-state index in [2.05, 4.69) is 0 Å². The van der Waals surface area contributed by atoms with Gasteiger partial charge in [0.05, 0.1) is 25.9 Å². The van der Waals surface area contributed by atoms with Crippen LogP contribution in [0.2, 0.25) is 0 Å². The standard InChI is InChI=1S/C16H19NO3/c1-19-13-4-2-12-3-5-16(18)15(14(12)10-13)11-17-6-8-20-9-7-17/h2-5,10,18H,6-9,11H2,1H3/p+1. The lowest BCUT2D eigenvalue weighted by Gasteiger charge is -2.24. The van der Waals surface area contributed by atoms with Gasteiger partial charge in [-0.2, -0.15) is 0 Å². The van der Waals surface area contributed by atoms with E-state index >= 15 is 0 Å². The van der Waals surface area contributed by atoms with Crippen molar-refractivity contribution in [2.45, 2.75) is 6.54 Å². The third kappa shape index (κ3) is 2.57. The summed E-state index contributed by atoms with van der Waals surface area (Å²) in [5.41, 5.74) is 0.998. The monoisotopic (exact) mass is 274 g/mol. The van der Waals surface area contributed by atoms with Gasteiger partial charge in [0.2, 0.25) is 0 Å². The second kappa shape index (κ2) is 5.69. The van der Waals surface area contributed by atoms with Crippen LogP contribution in [0.1, 0.15) is 5.56 Å². The van der Waals surface area contributed by atoms with Gasteiger partial charge in [-0.15, -0.1) is 0 Å². The van der Waals surface area contributed by atoms with E-state index in [-0.39, 0.29) is 0 Å². The van der Waals surface area contributed by atoms with Gasteiger partial charge in [-0.25, -0.2) is 0 Å². The number of methoxy groups -OCH3 is 1. The predicted molar refractivity (Wildman–Crippen MR) is 77.4 cm³/mol. The summed E-state index contributed by atoms with van der Waals surface area (Å²) < 4.78 is 10.7. The molecule has 0 unspecified atom stereocenters. The lowest BCUT2D eigenvalue weighted by Crippen LogP contribution is -3.12. The fourth-order valence-corrected chi connectivity index (χ4v) is 2.75. The molecule has 3 rings (SSSR count). The lowest BCUT2D eigenvalue weighted by molar-refractivity contribution is -0.921. The Bertz CT molecular complexity index is 606. The first-order valence-corrected chi connectivity index (χ1v) is 6.98. The number of hydrogen-bond donors (Lipinski definition) is 2. The number of benzene rings is 2. The van der Waals surface area contributed by atoms with E-state index < -0.39 is 0 Å². The van der Waals surface area contributed by atoms with Crippen molar-refractivity contribution in [2.24, 2.45) is 0 Å². The number of ether oxygens (including phenoxy) is 2. The Morgan fingerprint density at radius 2 is 1.95 bits per heavy atom. The van der Waals surface area contributed by atoms with E-state index in [9.17, 15) is 5.11 Å². The van der Waals surface area contributed by atoms with E-state index in [0.717, 1.165) is 54.9 Å². The smallest absolute Gasteiger partial charge is 0.125 e. The SMILES string of the molecule is COc1ccc2ccc(O)c(C[NH+]3CCOCC3)c2c1. The molecule has 0 spiro atoms. The molecule has 1 heterocycles. The van der Waals surface area contributed by atoms with Crippen LogP contribution in [-0.4, -0.2) is 38.5 Å². The summed E-state index contributed by atoms with van der Waals surface area (Å²) in [6.45, 7) is 4.38. The van der Waals surface area contributed by atoms with Crippen LogP contribution < -0.4 is 9.64 Å². The maximum Gasteiger partial charge on any atom is 0.125 e. The highest BCUT2D eigenvalue weighted by Gasteiger charge is 2.18. The number of rotatable bonds is 3. The summed E-state index contributed by atoms with van der Waals surface area (Å²) in [5.74, 6) is 1.19. The number of nitrogens with one attached hydrogen (secondary N) is 1. The van der Waals surface area contributed by atoms with Gasteiger partial charge >= 0.3 is 0 Å². The molecule has 0 saturated carbocycles.